The Morgan fingerprint density at radius 2 is 2.21 bits per heavy atom. The van der Waals surface area contributed by atoms with Crippen molar-refractivity contribution in [1.29, 1.82) is 0 Å². The molecule has 1 spiro atoms. The van der Waals surface area contributed by atoms with E-state index in [0.29, 0.717) is 13.0 Å². The van der Waals surface area contributed by atoms with Gasteiger partial charge in [0.2, 0.25) is 0 Å². The highest BCUT2D eigenvalue weighted by atomic mass is 19.1. The lowest BCUT2D eigenvalue weighted by molar-refractivity contribution is 0.0435. The third-order valence-corrected chi connectivity index (χ3v) is 3.95. The van der Waals surface area contributed by atoms with Gasteiger partial charge < -0.3 is 9.30 Å². The van der Waals surface area contributed by atoms with Gasteiger partial charge in [-0.1, -0.05) is 12.1 Å². The van der Waals surface area contributed by atoms with E-state index in [0.717, 1.165) is 36.7 Å². The summed E-state index contributed by atoms with van der Waals surface area (Å²) in [6, 6.07) is 6.66. The Morgan fingerprint density at radius 1 is 1.32 bits per heavy atom. The van der Waals surface area contributed by atoms with E-state index in [4.69, 9.17) is 4.74 Å². The predicted octanol–water partition coefficient (Wildman–Crippen LogP) is 2.03. The van der Waals surface area contributed by atoms with Crippen molar-refractivity contribution >= 4 is 0 Å². The van der Waals surface area contributed by atoms with Crippen molar-refractivity contribution in [1.82, 2.24) is 14.8 Å². The molecule has 0 bridgehead atoms. The first-order valence-electron chi connectivity index (χ1n) is 6.53. The second-order valence-corrected chi connectivity index (χ2v) is 5.39. The first kappa shape index (κ1) is 11.1. The Bertz CT molecular complexity index is 633. The lowest BCUT2D eigenvalue weighted by atomic mass is 10.1. The molecule has 0 amide bonds. The van der Waals surface area contributed by atoms with Gasteiger partial charge in [0.25, 0.3) is 0 Å². The molecule has 1 fully saturated rings. The molecule has 4 rings (SSSR count). The van der Waals surface area contributed by atoms with E-state index < -0.39 is 0 Å². The second kappa shape index (κ2) is 3.87. The van der Waals surface area contributed by atoms with Gasteiger partial charge in [0, 0.05) is 6.42 Å². The minimum Gasteiger partial charge on any atom is -0.371 e. The SMILES string of the molecule is Fc1cccc(Cc2nnc3n2C2(CC2)COC3)c1. The van der Waals surface area contributed by atoms with Crippen LogP contribution in [0.4, 0.5) is 4.39 Å². The van der Waals surface area contributed by atoms with Gasteiger partial charge in [0.05, 0.1) is 12.1 Å². The summed E-state index contributed by atoms with van der Waals surface area (Å²) in [5.74, 6) is 1.61. The third-order valence-electron chi connectivity index (χ3n) is 3.95. The molecule has 5 heteroatoms. The largest absolute Gasteiger partial charge is 0.371 e. The molecule has 1 aromatic carbocycles. The van der Waals surface area contributed by atoms with E-state index in [2.05, 4.69) is 14.8 Å². The van der Waals surface area contributed by atoms with Crippen LogP contribution in [0.3, 0.4) is 0 Å². The standard InChI is InChI=1S/C14H14FN3O/c15-11-3-1-2-10(6-11)7-12-16-17-13-8-19-9-14(4-5-14)18(12)13/h1-3,6H,4-5,7-9H2. The molecule has 19 heavy (non-hydrogen) atoms. The molecule has 2 aromatic rings. The molecule has 0 N–H and O–H groups in total. The number of benzene rings is 1. The first-order valence-corrected chi connectivity index (χ1v) is 6.53. The molecule has 2 aliphatic rings. The maximum Gasteiger partial charge on any atom is 0.159 e. The molecule has 1 aliphatic carbocycles. The Labute approximate surface area is 110 Å². The van der Waals surface area contributed by atoms with E-state index in [1.165, 1.54) is 6.07 Å². The summed E-state index contributed by atoms with van der Waals surface area (Å²) in [5, 5.41) is 8.47. The molecule has 2 heterocycles. The Balaban J connectivity index is 1.71. The Morgan fingerprint density at radius 3 is 3.00 bits per heavy atom. The fourth-order valence-corrected chi connectivity index (χ4v) is 2.85. The van der Waals surface area contributed by atoms with Gasteiger partial charge in [-0.25, -0.2) is 4.39 Å². The van der Waals surface area contributed by atoms with Crippen LogP contribution in [0.15, 0.2) is 24.3 Å². The van der Waals surface area contributed by atoms with Crippen molar-refractivity contribution in [3.8, 4) is 0 Å². The maximum atomic E-state index is 13.2. The molecule has 4 nitrogen and oxygen atoms in total. The van der Waals surface area contributed by atoms with Gasteiger partial charge >= 0.3 is 0 Å². The summed E-state index contributed by atoms with van der Waals surface area (Å²) in [5.41, 5.74) is 1.01. The minimum atomic E-state index is -0.208. The number of rotatable bonds is 2. The van der Waals surface area contributed by atoms with Crippen LogP contribution in [0, 0.1) is 5.82 Å². The molecule has 0 saturated heterocycles. The number of aromatic nitrogens is 3. The fraction of sp³-hybridized carbons (Fsp3) is 0.429. The zero-order chi connectivity index (χ0) is 12.9. The molecule has 1 aromatic heterocycles. The number of halogens is 1. The third kappa shape index (κ3) is 1.76. The van der Waals surface area contributed by atoms with Gasteiger partial charge in [0.15, 0.2) is 5.82 Å². The van der Waals surface area contributed by atoms with Gasteiger partial charge in [-0.05, 0) is 30.5 Å². The van der Waals surface area contributed by atoms with E-state index in [1.54, 1.807) is 12.1 Å². The zero-order valence-electron chi connectivity index (χ0n) is 10.5. The van der Waals surface area contributed by atoms with Gasteiger partial charge in [-0.3, -0.25) is 0 Å². The number of hydrogen-bond acceptors (Lipinski definition) is 3. The highest BCUT2D eigenvalue weighted by molar-refractivity contribution is 5.22. The van der Waals surface area contributed by atoms with Crippen molar-refractivity contribution in [2.24, 2.45) is 0 Å². The molecule has 0 radical (unpaired) electrons. The summed E-state index contributed by atoms with van der Waals surface area (Å²) in [4.78, 5) is 0. The van der Waals surface area contributed by atoms with Crippen LogP contribution < -0.4 is 0 Å². The summed E-state index contributed by atoms with van der Waals surface area (Å²) >= 11 is 0. The van der Waals surface area contributed by atoms with Gasteiger partial charge in [-0.2, -0.15) is 0 Å². The Kier molecular flexibility index (Phi) is 2.26. The number of fused-ring (bicyclic) bond motifs is 2. The molecule has 0 unspecified atom stereocenters. The van der Waals surface area contributed by atoms with Crippen LogP contribution in [0.5, 0.6) is 0 Å². The van der Waals surface area contributed by atoms with Crippen LogP contribution in [-0.2, 0) is 23.3 Å². The van der Waals surface area contributed by atoms with Gasteiger partial charge in [-0.15, -0.1) is 10.2 Å². The van der Waals surface area contributed by atoms with E-state index >= 15 is 0 Å². The predicted molar refractivity (Wildman–Crippen MR) is 66.1 cm³/mol. The molecular weight excluding hydrogens is 245 g/mol. The topological polar surface area (TPSA) is 39.9 Å². The summed E-state index contributed by atoms with van der Waals surface area (Å²) in [7, 11) is 0. The molecule has 98 valence electrons. The maximum absolute atomic E-state index is 13.2. The normalized spacial score (nSPS) is 19.4. The van der Waals surface area contributed by atoms with Crippen molar-refractivity contribution in [2.75, 3.05) is 6.61 Å². The number of hydrogen-bond donors (Lipinski definition) is 0. The highest BCUT2D eigenvalue weighted by Gasteiger charge is 2.49. The van der Waals surface area contributed by atoms with Crippen LogP contribution in [0.2, 0.25) is 0 Å². The smallest absolute Gasteiger partial charge is 0.159 e. The average Bonchev–Trinajstić information content (AvgIpc) is 3.03. The van der Waals surface area contributed by atoms with Crippen molar-refractivity contribution in [2.45, 2.75) is 31.4 Å². The molecule has 1 saturated carbocycles. The van der Waals surface area contributed by atoms with Crippen molar-refractivity contribution < 1.29 is 9.13 Å². The van der Waals surface area contributed by atoms with E-state index in [-0.39, 0.29) is 11.4 Å². The fourth-order valence-electron chi connectivity index (χ4n) is 2.85. The monoisotopic (exact) mass is 259 g/mol. The molecule has 0 atom stereocenters. The Hall–Kier alpha value is -1.75. The highest BCUT2D eigenvalue weighted by Crippen LogP contribution is 2.47. The lowest BCUT2D eigenvalue weighted by Gasteiger charge is -2.25. The van der Waals surface area contributed by atoms with Crippen LogP contribution >= 0.6 is 0 Å². The molecule has 1 aliphatic heterocycles. The zero-order valence-corrected chi connectivity index (χ0v) is 10.5. The number of ether oxygens (including phenoxy) is 1. The van der Waals surface area contributed by atoms with Crippen LogP contribution in [0.1, 0.15) is 30.1 Å². The summed E-state index contributed by atoms with van der Waals surface area (Å²) in [6.07, 6.45) is 2.86. The van der Waals surface area contributed by atoms with E-state index in [9.17, 15) is 4.39 Å². The van der Waals surface area contributed by atoms with Gasteiger partial charge in [0.1, 0.15) is 18.2 Å². The molecular formula is C14H14FN3O. The van der Waals surface area contributed by atoms with Crippen LogP contribution in [0.25, 0.3) is 0 Å². The number of nitrogens with zero attached hydrogens (tertiary/aromatic N) is 3. The summed E-state index contributed by atoms with van der Waals surface area (Å²) < 4.78 is 21.0. The van der Waals surface area contributed by atoms with E-state index in [1.807, 2.05) is 6.07 Å². The lowest BCUT2D eigenvalue weighted by Crippen LogP contribution is -2.32. The van der Waals surface area contributed by atoms with Crippen LogP contribution in [-0.4, -0.2) is 21.4 Å². The second-order valence-electron chi connectivity index (χ2n) is 5.39. The minimum absolute atomic E-state index is 0.0831. The van der Waals surface area contributed by atoms with Crippen molar-refractivity contribution in [3.05, 3.63) is 47.3 Å². The average molecular weight is 259 g/mol. The summed E-state index contributed by atoms with van der Waals surface area (Å²) in [6.45, 7) is 1.27. The van der Waals surface area contributed by atoms with Crippen molar-refractivity contribution in [3.63, 3.8) is 0 Å². The quantitative estimate of drug-likeness (QED) is 0.828. The first-order chi connectivity index (χ1) is 9.27.